The van der Waals surface area contributed by atoms with Gasteiger partial charge in [-0.1, -0.05) is 25.5 Å². The van der Waals surface area contributed by atoms with Crippen LogP contribution in [0.2, 0.25) is 0 Å². The van der Waals surface area contributed by atoms with Gasteiger partial charge in [0.05, 0.1) is 0 Å². The van der Waals surface area contributed by atoms with Gasteiger partial charge in [-0.25, -0.2) is 0 Å². The summed E-state index contributed by atoms with van der Waals surface area (Å²) >= 11 is 5.47. The number of rotatable bonds is 4. The Labute approximate surface area is 90.7 Å². The average molecular weight is 216 g/mol. The highest BCUT2D eigenvalue weighted by molar-refractivity contribution is 6.18. The second-order valence-corrected chi connectivity index (χ2v) is 4.19. The number of carbonyl (C=O) groups excluding carboxylic acids is 1. The van der Waals surface area contributed by atoms with E-state index in [1.54, 1.807) is 0 Å². The van der Waals surface area contributed by atoms with Crippen molar-refractivity contribution in [3.63, 3.8) is 0 Å². The van der Waals surface area contributed by atoms with Crippen LogP contribution in [-0.4, -0.2) is 18.3 Å². The lowest BCUT2D eigenvalue weighted by atomic mass is 9.97. The first-order chi connectivity index (χ1) is 6.75. The highest BCUT2D eigenvalue weighted by atomic mass is 35.5. The minimum Gasteiger partial charge on any atom is -0.352 e. The van der Waals surface area contributed by atoms with E-state index in [1.165, 1.54) is 12.8 Å². The van der Waals surface area contributed by atoms with Gasteiger partial charge in [0.15, 0.2) is 0 Å². The summed E-state index contributed by atoms with van der Waals surface area (Å²) in [5.74, 6) is 1.50. The molecule has 0 spiro atoms. The van der Waals surface area contributed by atoms with Gasteiger partial charge in [-0.2, -0.15) is 0 Å². The Balaban J connectivity index is 2.24. The summed E-state index contributed by atoms with van der Waals surface area (Å²) in [6.45, 7) is 2.76. The van der Waals surface area contributed by atoms with Crippen LogP contribution in [0.5, 0.6) is 0 Å². The van der Waals surface area contributed by atoms with Crippen LogP contribution in [-0.2, 0) is 4.79 Å². The molecule has 0 bridgehead atoms. The molecule has 0 saturated heterocycles. The molecule has 1 N–H and O–H groups in total. The van der Waals surface area contributed by atoms with Crippen LogP contribution in [0.1, 0.15) is 26.2 Å². The van der Waals surface area contributed by atoms with Crippen molar-refractivity contribution in [1.29, 1.82) is 0 Å². The van der Waals surface area contributed by atoms with Gasteiger partial charge in [0.2, 0.25) is 5.91 Å². The molecule has 0 aromatic heterocycles. The predicted molar refractivity (Wildman–Crippen MR) is 59.4 cm³/mol. The number of nitrogens with one attached hydrogen (secondary N) is 1. The summed E-state index contributed by atoms with van der Waals surface area (Å²) in [6.07, 6.45) is 7.17. The van der Waals surface area contributed by atoms with Crippen molar-refractivity contribution in [3.8, 4) is 0 Å². The van der Waals surface area contributed by atoms with Crippen molar-refractivity contribution in [2.45, 2.75) is 26.2 Å². The van der Waals surface area contributed by atoms with E-state index >= 15 is 0 Å². The lowest BCUT2D eigenvalue weighted by molar-refractivity contribution is -0.125. The molecule has 2 atom stereocenters. The molecule has 14 heavy (non-hydrogen) atoms. The maximum absolute atomic E-state index is 11.6. The van der Waals surface area contributed by atoms with Gasteiger partial charge < -0.3 is 5.32 Å². The summed E-state index contributed by atoms with van der Waals surface area (Å²) in [5.41, 5.74) is 0. The molecular weight excluding hydrogens is 198 g/mol. The molecule has 0 aromatic rings. The first-order valence-electron chi connectivity index (χ1n) is 5.24. The van der Waals surface area contributed by atoms with Crippen LogP contribution in [0.25, 0.3) is 0 Å². The van der Waals surface area contributed by atoms with Gasteiger partial charge in [0.25, 0.3) is 0 Å². The molecular formula is C11H18ClNO. The number of carbonyl (C=O) groups is 1. The highest BCUT2D eigenvalue weighted by Crippen LogP contribution is 2.30. The van der Waals surface area contributed by atoms with E-state index in [-0.39, 0.29) is 11.8 Å². The summed E-state index contributed by atoms with van der Waals surface area (Å²) in [4.78, 5) is 11.6. The molecule has 0 aliphatic heterocycles. The molecule has 1 saturated carbocycles. The van der Waals surface area contributed by atoms with Gasteiger partial charge in [-0.3, -0.25) is 4.79 Å². The Hall–Kier alpha value is -0.500. The van der Waals surface area contributed by atoms with Crippen LogP contribution in [0.4, 0.5) is 0 Å². The monoisotopic (exact) mass is 215 g/mol. The van der Waals surface area contributed by atoms with Crippen LogP contribution in [0.3, 0.4) is 0 Å². The van der Waals surface area contributed by atoms with E-state index in [0.29, 0.717) is 18.3 Å². The largest absolute Gasteiger partial charge is 0.352 e. The Morgan fingerprint density at radius 3 is 2.86 bits per heavy atom. The molecule has 1 rings (SSSR count). The Bertz CT molecular complexity index is 215. The molecule has 0 radical (unpaired) electrons. The number of alkyl halides is 1. The van der Waals surface area contributed by atoms with Crippen molar-refractivity contribution in [1.82, 2.24) is 5.32 Å². The zero-order valence-electron chi connectivity index (χ0n) is 8.63. The normalized spacial score (nSPS) is 27.0. The Morgan fingerprint density at radius 2 is 2.29 bits per heavy atom. The minimum atomic E-state index is 0.203. The minimum absolute atomic E-state index is 0.203. The standard InChI is InChI=1S/C11H18ClNO/c1-9-5-4-6-10(9)11(14)13-8-3-2-7-12/h2-3,9-10H,4-8H2,1H3,(H,13,14)/b3-2+. The quantitative estimate of drug-likeness (QED) is 0.566. The lowest BCUT2D eigenvalue weighted by Gasteiger charge is -2.13. The molecule has 0 heterocycles. The van der Waals surface area contributed by atoms with Gasteiger partial charge in [0.1, 0.15) is 0 Å². The van der Waals surface area contributed by atoms with Gasteiger partial charge >= 0.3 is 0 Å². The van der Waals surface area contributed by atoms with E-state index < -0.39 is 0 Å². The fourth-order valence-electron chi connectivity index (χ4n) is 1.97. The number of amides is 1. The third kappa shape index (κ3) is 3.33. The van der Waals surface area contributed by atoms with Crippen molar-refractivity contribution in [2.75, 3.05) is 12.4 Å². The van der Waals surface area contributed by atoms with E-state index in [9.17, 15) is 4.79 Å². The highest BCUT2D eigenvalue weighted by Gasteiger charge is 2.28. The smallest absolute Gasteiger partial charge is 0.223 e. The maximum Gasteiger partial charge on any atom is 0.223 e. The summed E-state index contributed by atoms with van der Waals surface area (Å²) in [5, 5.41) is 2.91. The molecule has 1 amide bonds. The zero-order valence-corrected chi connectivity index (χ0v) is 9.39. The van der Waals surface area contributed by atoms with Crippen LogP contribution in [0, 0.1) is 11.8 Å². The molecule has 0 aromatic carbocycles. The summed E-state index contributed by atoms with van der Waals surface area (Å²) < 4.78 is 0. The lowest BCUT2D eigenvalue weighted by Crippen LogP contribution is -2.32. The molecule has 2 unspecified atom stereocenters. The van der Waals surface area contributed by atoms with E-state index in [2.05, 4.69) is 12.2 Å². The van der Waals surface area contributed by atoms with Crippen LogP contribution >= 0.6 is 11.6 Å². The van der Waals surface area contributed by atoms with Crippen LogP contribution < -0.4 is 5.32 Å². The zero-order chi connectivity index (χ0) is 10.4. The molecule has 3 heteroatoms. The van der Waals surface area contributed by atoms with E-state index in [1.807, 2.05) is 12.2 Å². The maximum atomic E-state index is 11.6. The SMILES string of the molecule is CC1CCCC1C(=O)NC/C=C/CCl. The first-order valence-corrected chi connectivity index (χ1v) is 5.78. The second-order valence-electron chi connectivity index (χ2n) is 3.89. The molecule has 2 nitrogen and oxygen atoms in total. The van der Waals surface area contributed by atoms with Crippen molar-refractivity contribution in [3.05, 3.63) is 12.2 Å². The topological polar surface area (TPSA) is 29.1 Å². The molecule has 80 valence electrons. The number of allylic oxidation sites excluding steroid dienone is 1. The summed E-state index contributed by atoms with van der Waals surface area (Å²) in [6, 6.07) is 0. The Morgan fingerprint density at radius 1 is 1.50 bits per heavy atom. The van der Waals surface area contributed by atoms with Gasteiger partial charge in [-0.15, -0.1) is 11.6 Å². The summed E-state index contributed by atoms with van der Waals surface area (Å²) in [7, 11) is 0. The fraction of sp³-hybridized carbons (Fsp3) is 0.727. The number of hydrogen-bond acceptors (Lipinski definition) is 1. The van der Waals surface area contributed by atoms with Crippen molar-refractivity contribution in [2.24, 2.45) is 11.8 Å². The fourth-order valence-corrected chi connectivity index (χ4v) is 2.10. The van der Waals surface area contributed by atoms with E-state index in [0.717, 1.165) is 6.42 Å². The third-order valence-corrected chi connectivity index (χ3v) is 3.03. The van der Waals surface area contributed by atoms with Gasteiger partial charge in [-0.05, 0) is 18.8 Å². The number of hydrogen-bond donors (Lipinski definition) is 1. The van der Waals surface area contributed by atoms with Gasteiger partial charge in [0, 0.05) is 18.3 Å². The van der Waals surface area contributed by atoms with Crippen LogP contribution in [0.15, 0.2) is 12.2 Å². The molecule has 1 aliphatic carbocycles. The average Bonchev–Trinajstić information content (AvgIpc) is 2.59. The Kier molecular flexibility index (Phi) is 5.02. The first kappa shape index (κ1) is 11.6. The molecule has 1 aliphatic rings. The predicted octanol–water partition coefficient (Wildman–Crippen LogP) is 2.33. The van der Waals surface area contributed by atoms with E-state index in [4.69, 9.17) is 11.6 Å². The third-order valence-electron chi connectivity index (χ3n) is 2.85. The molecule has 1 fully saturated rings. The van der Waals surface area contributed by atoms with Crippen molar-refractivity contribution < 1.29 is 4.79 Å². The van der Waals surface area contributed by atoms with Crippen molar-refractivity contribution >= 4 is 17.5 Å². The number of halogens is 1. The second kappa shape index (κ2) is 6.07.